The second-order valence-corrected chi connectivity index (χ2v) is 17.2. The first-order valence-corrected chi connectivity index (χ1v) is 19.6. The minimum atomic E-state index is -1.01. The van der Waals surface area contributed by atoms with E-state index in [0.29, 0.717) is 25.8 Å². The Bertz CT molecular complexity index is 1090. The van der Waals surface area contributed by atoms with E-state index in [1.54, 1.807) is 4.90 Å². The standard InChI is InChI=1S/C37H68N6O5S/c1-12-15-18-27(30(44)33(46)39-20-13-2)40-32(45)29-26(25(4)5)19-22-43(29)34(47)31(37(9,10)11)42-35(48)41-28(36(6,7)8)24-38-21-16-17-23-49-14-3/h13,25-29,31,38H,2,12,14-24H2,1,3-11H3,(H,39,46)(H,40,45)(H2,41,42,48)/p+1/t26-,27?,28-,29+,31-/m1/s1. The van der Waals surface area contributed by atoms with E-state index in [2.05, 4.69) is 60.9 Å². The molecule has 5 atom stereocenters. The van der Waals surface area contributed by atoms with Crippen LogP contribution in [0, 0.1) is 22.7 Å². The highest BCUT2D eigenvalue weighted by atomic mass is 32.2. The molecule has 1 fully saturated rings. The van der Waals surface area contributed by atoms with E-state index in [4.69, 9.17) is 0 Å². The number of carbonyl (C=O) groups is 5. The Kier molecular flexibility index (Phi) is 19.6. The highest BCUT2D eigenvalue weighted by molar-refractivity contribution is 7.99. The van der Waals surface area contributed by atoms with E-state index in [1.165, 1.54) is 12.5 Å². The van der Waals surface area contributed by atoms with Gasteiger partial charge in [-0.3, -0.25) is 19.2 Å². The fourth-order valence-electron chi connectivity index (χ4n) is 6.14. The SMILES string of the molecule is C=CCNC(=O)C(=O)C(CCCC)NC(=O)[C@@H]1[C@@H](C(C)C)CCN1C(=O)[C@@H](NC(=O)N[C@H](C[NH2+]CCCCSCC)C(C)(C)C)C(C)(C)C. The number of nitrogens with zero attached hydrogens (tertiary/aromatic N) is 1. The van der Waals surface area contributed by atoms with Crippen molar-refractivity contribution in [3.8, 4) is 0 Å². The molecule has 12 heteroatoms. The molecule has 0 aromatic rings. The number of amides is 5. The zero-order valence-corrected chi connectivity index (χ0v) is 33.0. The van der Waals surface area contributed by atoms with Gasteiger partial charge in [0.05, 0.1) is 25.2 Å². The summed E-state index contributed by atoms with van der Waals surface area (Å²) in [6, 6.07) is -3.31. The fourth-order valence-corrected chi connectivity index (χ4v) is 6.83. The summed E-state index contributed by atoms with van der Waals surface area (Å²) in [5.74, 6) is -0.0657. The largest absolute Gasteiger partial charge is 0.346 e. The first kappa shape index (κ1) is 44.4. The minimum absolute atomic E-state index is 0.0766. The van der Waals surface area contributed by atoms with E-state index < -0.39 is 47.2 Å². The molecule has 1 rings (SSSR count). The third-order valence-corrected chi connectivity index (χ3v) is 10.2. The van der Waals surface area contributed by atoms with Crippen LogP contribution in [0.3, 0.4) is 0 Å². The van der Waals surface area contributed by atoms with Crippen LogP contribution >= 0.6 is 11.8 Å². The summed E-state index contributed by atoms with van der Waals surface area (Å²) in [4.78, 5) is 69.2. The lowest BCUT2D eigenvalue weighted by molar-refractivity contribution is -0.658. The van der Waals surface area contributed by atoms with Gasteiger partial charge in [0.1, 0.15) is 12.1 Å². The average molecular weight is 710 g/mol. The molecule has 282 valence electrons. The van der Waals surface area contributed by atoms with Crippen molar-refractivity contribution >= 4 is 41.3 Å². The Labute approximate surface area is 301 Å². The van der Waals surface area contributed by atoms with Gasteiger partial charge in [-0.1, -0.05) is 88.2 Å². The maximum absolute atomic E-state index is 14.4. The molecule has 6 N–H and O–H groups in total. The van der Waals surface area contributed by atoms with Gasteiger partial charge in [0.15, 0.2) is 0 Å². The average Bonchev–Trinajstić information content (AvgIpc) is 3.47. The van der Waals surface area contributed by atoms with Gasteiger partial charge < -0.3 is 31.5 Å². The van der Waals surface area contributed by atoms with Crippen LogP contribution < -0.4 is 26.6 Å². The van der Waals surface area contributed by atoms with Crippen LogP contribution in [0.1, 0.15) is 108 Å². The van der Waals surface area contributed by atoms with E-state index in [0.717, 1.165) is 37.4 Å². The van der Waals surface area contributed by atoms with Crippen molar-refractivity contribution in [1.29, 1.82) is 0 Å². The van der Waals surface area contributed by atoms with Crippen molar-refractivity contribution in [2.24, 2.45) is 22.7 Å². The number of unbranched alkanes of at least 4 members (excludes halogenated alkanes) is 2. The number of rotatable bonds is 21. The van der Waals surface area contributed by atoms with Crippen LogP contribution in [-0.2, 0) is 19.2 Å². The predicted molar refractivity (Wildman–Crippen MR) is 200 cm³/mol. The number of Topliss-reactive ketones (excluding diaryl/α,β-unsaturated/α-hetero) is 1. The van der Waals surface area contributed by atoms with Crippen molar-refractivity contribution in [3.63, 3.8) is 0 Å². The second-order valence-electron chi connectivity index (χ2n) is 15.8. The Morgan fingerprint density at radius 2 is 1.63 bits per heavy atom. The normalized spacial score (nSPS) is 18.4. The minimum Gasteiger partial charge on any atom is -0.346 e. The molecule has 0 saturated carbocycles. The second kappa shape index (κ2) is 21.6. The number of quaternary nitrogens is 1. The number of carbonyl (C=O) groups excluding carboxylic acids is 5. The van der Waals surface area contributed by atoms with Crippen molar-refractivity contribution in [2.75, 3.05) is 37.7 Å². The molecule has 0 aliphatic carbocycles. The molecule has 1 aliphatic rings. The molecule has 0 radical (unpaired) electrons. The molecule has 1 saturated heterocycles. The first-order chi connectivity index (χ1) is 22.9. The Morgan fingerprint density at radius 3 is 2.18 bits per heavy atom. The summed E-state index contributed by atoms with van der Waals surface area (Å²) in [6.45, 7) is 25.9. The molecule has 0 bridgehead atoms. The molecular weight excluding hydrogens is 641 g/mol. The predicted octanol–water partition coefficient (Wildman–Crippen LogP) is 3.63. The number of nitrogens with one attached hydrogen (secondary N) is 4. The van der Waals surface area contributed by atoms with Gasteiger partial charge in [0.2, 0.25) is 17.6 Å². The van der Waals surface area contributed by atoms with E-state index >= 15 is 0 Å². The molecule has 0 aromatic heterocycles. The van der Waals surface area contributed by atoms with Crippen LogP contribution in [0.2, 0.25) is 0 Å². The Morgan fingerprint density at radius 1 is 0.959 bits per heavy atom. The molecule has 1 aliphatic heterocycles. The summed E-state index contributed by atoms with van der Waals surface area (Å²) in [7, 11) is 0. The highest BCUT2D eigenvalue weighted by Crippen LogP contribution is 2.33. The van der Waals surface area contributed by atoms with E-state index in [9.17, 15) is 24.0 Å². The van der Waals surface area contributed by atoms with Gasteiger partial charge in [0.25, 0.3) is 5.91 Å². The van der Waals surface area contributed by atoms with Gasteiger partial charge in [-0.25, -0.2) is 4.79 Å². The molecule has 1 unspecified atom stereocenters. The molecular formula is C37H69N6O5S+. The monoisotopic (exact) mass is 710 g/mol. The van der Waals surface area contributed by atoms with Crippen LogP contribution in [0.5, 0.6) is 0 Å². The van der Waals surface area contributed by atoms with Crippen LogP contribution in [-0.4, -0.2) is 96.3 Å². The number of nitrogens with two attached hydrogens (primary N) is 1. The number of urea groups is 1. The Hall–Kier alpha value is -2.60. The molecule has 0 spiro atoms. The third-order valence-electron chi connectivity index (χ3n) is 9.26. The van der Waals surface area contributed by atoms with Gasteiger partial charge in [-0.2, -0.15) is 11.8 Å². The van der Waals surface area contributed by atoms with Crippen molar-refractivity contribution in [1.82, 2.24) is 26.2 Å². The van der Waals surface area contributed by atoms with Crippen molar-refractivity contribution < 1.29 is 29.3 Å². The lowest BCUT2D eigenvalue weighted by Crippen LogP contribution is -2.88. The summed E-state index contributed by atoms with van der Waals surface area (Å²) < 4.78 is 0. The van der Waals surface area contributed by atoms with Crippen LogP contribution in [0.4, 0.5) is 4.79 Å². The summed E-state index contributed by atoms with van der Waals surface area (Å²) in [5.41, 5.74) is -0.863. The maximum atomic E-state index is 14.4. The lowest BCUT2D eigenvalue weighted by atomic mass is 9.84. The molecule has 49 heavy (non-hydrogen) atoms. The third kappa shape index (κ3) is 15.0. The maximum Gasteiger partial charge on any atom is 0.315 e. The summed E-state index contributed by atoms with van der Waals surface area (Å²) >= 11 is 1.95. The number of hydrogen-bond acceptors (Lipinski definition) is 6. The molecule has 11 nitrogen and oxygen atoms in total. The number of likely N-dealkylation sites (tertiary alicyclic amines) is 1. The first-order valence-electron chi connectivity index (χ1n) is 18.4. The fraction of sp³-hybridized carbons (Fsp3) is 0.811. The molecule has 0 aromatic carbocycles. The topological polar surface area (TPSA) is 153 Å². The number of ketones is 1. The van der Waals surface area contributed by atoms with Crippen molar-refractivity contribution in [3.05, 3.63) is 12.7 Å². The van der Waals surface area contributed by atoms with Gasteiger partial charge in [-0.15, -0.1) is 6.58 Å². The number of thioether (sulfide) groups is 1. The van der Waals surface area contributed by atoms with Crippen LogP contribution in [0.25, 0.3) is 0 Å². The Balaban J connectivity index is 3.19. The highest BCUT2D eigenvalue weighted by Gasteiger charge is 2.48. The van der Waals surface area contributed by atoms with Gasteiger partial charge >= 0.3 is 6.03 Å². The summed E-state index contributed by atoms with van der Waals surface area (Å²) in [6.07, 6.45) is 6.12. The zero-order valence-electron chi connectivity index (χ0n) is 32.2. The van der Waals surface area contributed by atoms with Crippen LogP contribution in [0.15, 0.2) is 12.7 Å². The van der Waals surface area contributed by atoms with Gasteiger partial charge in [-0.05, 0) is 59.9 Å². The van der Waals surface area contributed by atoms with Crippen molar-refractivity contribution in [2.45, 2.75) is 132 Å². The molecule has 1 heterocycles. The summed E-state index contributed by atoms with van der Waals surface area (Å²) in [5, 5.41) is 13.7. The van der Waals surface area contributed by atoms with E-state index in [1.807, 2.05) is 53.3 Å². The smallest absolute Gasteiger partial charge is 0.315 e. The lowest BCUT2D eigenvalue weighted by Gasteiger charge is -2.37. The number of hydrogen-bond donors (Lipinski definition) is 5. The van der Waals surface area contributed by atoms with E-state index in [-0.39, 0.29) is 35.7 Å². The van der Waals surface area contributed by atoms with Gasteiger partial charge in [0, 0.05) is 13.1 Å². The quantitative estimate of drug-likeness (QED) is 0.0698. The zero-order chi connectivity index (χ0) is 37.4. The molecule has 5 amide bonds.